The third-order valence-electron chi connectivity index (χ3n) is 3.89. The molecule has 29 heavy (non-hydrogen) atoms. The van der Waals surface area contributed by atoms with Crippen molar-refractivity contribution in [3.05, 3.63) is 59.5 Å². The van der Waals surface area contributed by atoms with Crippen LogP contribution in [0, 0.1) is 5.82 Å². The van der Waals surface area contributed by atoms with Crippen molar-refractivity contribution in [1.82, 2.24) is 9.97 Å². The van der Waals surface area contributed by atoms with E-state index in [1.165, 1.54) is 35.2 Å². The van der Waals surface area contributed by atoms with E-state index in [9.17, 15) is 14.3 Å². The zero-order valence-electron chi connectivity index (χ0n) is 15.8. The topological polar surface area (TPSA) is 72.3 Å². The molecule has 0 atom stereocenters. The SMILES string of the molecule is CC(C)(Sc1nc(CCOc2ccc(-c3ccc(F)cc3)nc2)cs1)C(=O)O.Cl. The number of aliphatic carboxylic acids is 1. The van der Waals surface area contributed by atoms with E-state index in [1.54, 1.807) is 32.2 Å². The van der Waals surface area contributed by atoms with E-state index in [-0.39, 0.29) is 18.2 Å². The number of hydrogen-bond donors (Lipinski definition) is 1. The van der Waals surface area contributed by atoms with Crippen LogP contribution in [0.1, 0.15) is 19.5 Å². The summed E-state index contributed by atoms with van der Waals surface area (Å²) >= 11 is 2.67. The Hall–Kier alpha value is -2.16. The van der Waals surface area contributed by atoms with Gasteiger partial charge >= 0.3 is 5.97 Å². The average Bonchev–Trinajstić information content (AvgIpc) is 3.09. The molecular formula is C20H20ClFN2O3S2. The predicted octanol–water partition coefficient (Wildman–Crippen LogP) is 5.34. The first-order valence-corrected chi connectivity index (χ1v) is 10.2. The normalized spacial score (nSPS) is 11.0. The molecule has 1 N–H and O–H groups in total. The second-order valence-corrected chi connectivity index (χ2v) is 9.23. The maximum absolute atomic E-state index is 13.0. The predicted molar refractivity (Wildman–Crippen MR) is 116 cm³/mol. The lowest BCUT2D eigenvalue weighted by molar-refractivity contribution is -0.138. The van der Waals surface area contributed by atoms with Crippen LogP contribution in [0.3, 0.4) is 0 Å². The highest BCUT2D eigenvalue weighted by atomic mass is 35.5. The number of benzene rings is 1. The molecule has 0 unspecified atom stereocenters. The maximum atomic E-state index is 13.0. The smallest absolute Gasteiger partial charge is 0.319 e. The molecule has 0 bridgehead atoms. The summed E-state index contributed by atoms with van der Waals surface area (Å²) in [6.45, 7) is 3.76. The molecule has 154 valence electrons. The van der Waals surface area contributed by atoms with Gasteiger partial charge in [-0.15, -0.1) is 23.7 Å². The molecule has 9 heteroatoms. The van der Waals surface area contributed by atoms with E-state index in [1.807, 2.05) is 17.5 Å². The van der Waals surface area contributed by atoms with Crippen LogP contribution >= 0.6 is 35.5 Å². The molecule has 0 aliphatic carbocycles. The van der Waals surface area contributed by atoms with Gasteiger partial charge < -0.3 is 9.84 Å². The summed E-state index contributed by atoms with van der Waals surface area (Å²) in [7, 11) is 0. The average molecular weight is 455 g/mol. The quantitative estimate of drug-likeness (QED) is 0.463. The number of hydrogen-bond acceptors (Lipinski definition) is 6. The molecule has 1 aromatic carbocycles. The summed E-state index contributed by atoms with van der Waals surface area (Å²) in [5.41, 5.74) is 2.45. The second-order valence-electron chi connectivity index (χ2n) is 6.51. The summed E-state index contributed by atoms with van der Waals surface area (Å²) in [5.74, 6) is -0.504. The molecule has 0 aliphatic heterocycles. The van der Waals surface area contributed by atoms with Gasteiger partial charge in [-0.3, -0.25) is 9.78 Å². The van der Waals surface area contributed by atoms with Gasteiger partial charge in [0.2, 0.25) is 0 Å². The van der Waals surface area contributed by atoms with Gasteiger partial charge in [0, 0.05) is 17.4 Å². The number of pyridine rings is 1. The van der Waals surface area contributed by atoms with Crippen LogP contribution in [0.15, 0.2) is 52.3 Å². The molecule has 0 amide bonds. The molecule has 2 heterocycles. The van der Waals surface area contributed by atoms with E-state index in [2.05, 4.69) is 9.97 Å². The van der Waals surface area contributed by atoms with E-state index < -0.39 is 10.7 Å². The number of halogens is 2. The van der Waals surface area contributed by atoms with Crippen LogP contribution < -0.4 is 4.74 Å². The molecule has 0 radical (unpaired) electrons. The maximum Gasteiger partial charge on any atom is 0.319 e. The van der Waals surface area contributed by atoms with Crippen molar-refractivity contribution in [2.75, 3.05) is 6.61 Å². The molecule has 2 aromatic heterocycles. The van der Waals surface area contributed by atoms with Gasteiger partial charge in [-0.25, -0.2) is 9.37 Å². The molecular weight excluding hydrogens is 435 g/mol. The number of thioether (sulfide) groups is 1. The van der Waals surface area contributed by atoms with Crippen LogP contribution in [0.5, 0.6) is 5.75 Å². The lowest BCUT2D eigenvalue weighted by atomic mass is 10.1. The largest absolute Gasteiger partial charge is 0.492 e. The number of carbonyl (C=O) groups is 1. The summed E-state index contributed by atoms with van der Waals surface area (Å²) in [6, 6.07) is 9.82. The van der Waals surface area contributed by atoms with Crippen molar-refractivity contribution < 1.29 is 19.0 Å². The highest BCUT2D eigenvalue weighted by Gasteiger charge is 2.29. The van der Waals surface area contributed by atoms with E-state index >= 15 is 0 Å². The molecule has 0 saturated heterocycles. The summed E-state index contributed by atoms with van der Waals surface area (Å²) < 4.78 is 18.5. The van der Waals surface area contributed by atoms with Gasteiger partial charge in [-0.1, -0.05) is 11.8 Å². The zero-order chi connectivity index (χ0) is 20.1. The van der Waals surface area contributed by atoms with Gasteiger partial charge in [0.15, 0.2) is 4.34 Å². The lowest BCUT2D eigenvalue weighted by Crippen LogP contribution is -2.26. The Labute approximate surface area is 182 Å². The lowest BCUT2D eigenvalue weighted by Gasteiger charge is -2.15. The fourth-order valence-corrected chi connectivity index (χ4v) is 4.47. The van der Waals surface area contributed by atoms with Crippen LogP contribution in [-0.2, 0) is 11.2 Å². The fourth-order valence-electron chi connectivity index (χ4n) is 2.24. The molecule has 5 nitrogen and oxygen atoms in total. The molecule has 0 spiro atoms. The van der Waals surface area contributed by atoms with E-state index in [0.717, 1.165) is 21.3 Å². The number of rotatable bonds is 8. The minimum atomic E-state index is -0.913. The monoisotopic (exact) mass is 454 g/mol. The molecule has 0 saturated carbocycles. The Morgan fingerprint density at radius 3 is 2.59 bits per heavy atom. The summed E-state index contributed by atoms with van der Waals surface area (Å²) in [5, 5.41) is 11.1. The Morgan fingerprint density at radius 1 is 1.24 bits per heavy atom. The second kappa shape index (κ2) is 10.0. The fraction of sp³-hybridized carbons (Fsp3) is 0.250. The first-order valence-electron chi connectivity index (χ1n) is 8.55. The number of thiazole rings is 1. The first-order chi connectivity index (χ1) is 13.3. The molecule has 0 aliphatic rings. The Balaban J connectivity index is 0.00000300. The molecule has 3 rings (SSSR count). The minimum Gasteiger partial charge on any atom is -0.492 e. The summed E-state index contributed by atoms with van der Waals surface area (Å²) in [4.78, 5) is 20.0. The van der Waals surface area contributed by atoms with Crippen molar-refractivity contribution in [3.8, 4) is 17.0 Å². The van der Waals surface area contributed by atoms with Crippen LogP contribution in [0.25, 0.3) is 11.3 Å². The van der Waals surface area contributed by atoms with E-state index in [4.69, 9.17) is 4.74 Å². The number of carboxylic acid groups (broad SMARTS) is 1. The van der Waals surface area contributed by atoms with Crippen molar-refractivity contribution in [1.29, 1.82) is 0 Å². The Kier molecular flexibility index (Phi) is 8.01. The van der Waals surface area contributed by atoms with Gasteiger partial charge in [-0.05, 0) is 50.2 Å². The third-order valence-corrected chi connectivity index (χ3v) is 6.06. The van der Waals surface area contributed by atoms with Crippen molar-refractivity contribution in [2.24, 2.45) is 0 Å². The molecule has 0 fully saturated rings. The van der Waals surface area contributed by atoms with Gasteiger partial charge in [0.05, 0.1) is 24.2 Å². The highest BCUT2D eigenvalue weighted by Crippen LogP contribution is 2.34. The Bertz CT molecular complexity index is 947. The van der Waals surface area contributed by atoms with Gasteiger partial charge in [-0.2, -0.15) is 0 Å². The highest BCUT2D eigenvalue weighted by molar-refractivity contribution is 8.02. The summed E-state index contributed by atoms with van der Waals surface area (Å²) in [6.07, 6.45) is 2.25. The standard InChI is InChI=1S/C20H19FN2O3S2.ClH/c1-20(2,18(24)25)28-19-23-15(12-27-19)9-10-26-16-7-8-17(22-11-16)13-3-5-14(21)6-4-13;/h3-8,11-12H,9-10H2,1-2H3,(H,24,25);1H. The van der Waals surface area contributed by atoms with E-state index in [0.29, 0.717) is 18.8 Å². The first kappa shape index (κ1) is 23.1. The van der Waals surface area contributed by atoms with Gasteiger partial charge in [0.25, 0.3) is 0 Å². The van der Waals surface area contributed by atoms with Crippen LogP contribution in [-0.4, -0.2) is 32.4 Å². The number of carboxylic acids is 1. The van der Waals surface area contributed by atoms with Crippen molar-refractivity contribution in [2.45, 2.75) is 29.4 Å². The zero-order valence-corrected chi connectivity index (χ0v) is 18.2. The van der Waals surface area contributed by atoms with Crippen LogP contribution in [0.2, 0.25) is 0 Å². The minimum absolute atomic E-state index is 0. The van der Waals surface area contributed by atoms with Gasteiger partial charge in [0.1, 0.15) is 16.3 Å². The number of nitrogens with zero attached hydrogens (tertiary/aromatic N) is 2. The van der Waals surface area contributed by atoms with Crippen molar-refractivity contribution in [3.63, 3.8) is 0 Å². The third kappa shape index (κ3) is 6.42. The van der Waals surface area contributed by atoms with Crippen LogP contribution in [0.4, 0.5) is 4.39 Å². The number of ether oxygens (including phenoxy) is 1. The molecule has 3 aromatic rings. The number of aromatic nitrogens is 2. The van der Waals surface area contributed by atoms with Crippen molar-refractivity contribution >= 4 is 41.5 Å². The Morgan fingerprint density at radius 2 is 1.97 bits per heavy atom.